The molecule has 3 aromatic carbocycles. The number of rotatable bonds is 9. The third kappa shape index (κ3) is 6.09. The van der Waals surface area contributed by atoms with Crippen molar-refractivity contribution in [3.63, 3.8) is 0 Å². The number of nitrogens with two attached hydrogens (primary N) is 1. The van der Waals surface area contributed by atoms with E-state index in [-0.39, 0.29) is 18.4 Å². The van der Waals surface area contributed by atoms with E-state index in [9.17, 15) is 9.59 Å². The van der Waals surface area contributed by atoms with Crippen LogP contribution in [0.1, 0.15) is 24.1 Å². The number of fused-ring (bicyclic) bond motifs is 1. The van der Waals surface area contributed by atoms with E-state index in [0.29, 0.717) is 33.5 Å². The quantitative estimate of drug-likeness (QED) is 0.201. The molecule has 10 heteroatoms. The second-order valence-corrected chi connectivity index (χ2v) is 9.05. The van der Waals surface area contributed by atoms with Crippen molar-refractivity contribution in [2.75, 3.05) is 30.6 Å². The first-order valence-electron chi connectivity index (χ1n) is 11.8. The van der Waals surface area contributed by atoms with E-state index in [1.165, 1.54) is 6.92 Å². The van der Waals surface area contributed by atoms with E-state index in [4.69, 9.17) is 15.2 Å². The van der Waals surface area contributed by atoms with Crippen LogP contribution in [-0.4, -0.2) is 31.0 Å². The fourth-order valence-electron chi connectivity index (χ4n) is 4.08. The summed E-state index contributed by atoms with van der Waals surface area (Å²) in [5.41, 5.74) is 8.78. The van der Waals surface area contributed by atoms with Gasteiger partial charge < -0.3 is 31.2 Å². The third-order valence-electron chi connectivity index (χ3n) is 5.96. The van der Waals surface area contributed by atoms with Crippen molar-refractivity contribution in [1.82, 2.24) is 10.3 Å². The van der Waals surface area contributed by atoms with Crippen LogP contribution in [0.4, 0.5) is 17.2 Å². The second-order valence-electron chi connectivity index (χ2n) is 8.57. The van der Waals surface area contributed by atoms with Gasteiger partial charge >= 0.3 is 0 Å². The van der Waals surface area contributed by atoms with Gasteiger partial charge in [0.05, 0.1) is 14.2 Å². The molecule has 0 saturated heterocycles. The van der Waals surface area contributed by atoms with Crippen LogP contribution in [0.25, 0.3) is 10.8 Å². The number of methoxy groups -OCH3 is 2. The Morgan fingerprint density at radius 2 is 1.74 bits per heavy atom. The topological polar surface area (TPSA) is 128 Å². The lowest BCUT2D eigenvalue weighted by atomic mass is 10.0. The average Bonchev–Trinajstić information content (AvgIpc) is 2.91. The van der Waals surface area contributed by atoms with E-state index >= 15 is 0 Å². The molecule has 196 valence electrons. The lowest BCUT2D eigenvalue weighted by molar-refractivity contribution is -0.122. The number of anilines is 3. The first-order valence-corrected chi connectivity index (χ1v) is 12.2. The SMILES string of the molecule is COc1ccc([C@H](Nc2ccc3c(N)nccc3c2)C(=O)NCc2cc(NC(C)=O)ccc2S)cc1OC. The molecule has 5 N–H and O–H groups in total. The first-order chi connectivity index (χ1) is 18.3. The van der Waals surface area contributed by atoms with Crippen molar-refractivity contribution >= 4 is 52.4 Å². The molecule has 0 aliphatic rings. The Kier molecular flexibility index (Phi) is 8.22. The Labute approximate surface area is 226 Å². The number of nitrogen functional groups attached to an aromatic ring is 1. The van der Waals surface area contributed by atoms with Gasteiger partial charge in [-0.25, -0.2) is 4.98 Å². The van der Waals surface area contributed by atoms with E-state index in [1.807, 2.05) is 30.3 Å². The third-order valence-corrected chi connectivity index (χ3v) is 6.40. The minimum absolute atomic E-state index is 0.183. The highest BCUT2D eigenvalue weighted by Gasteiger charge is 2.23. The van der Waals surface area contributed by atoms with Crippen molar-refractivity contribution in [3.05, 3.63) is 78.0 Å². The zero-order valence-corrected chi connectivity index (χ0v) is 22.1. The summed E-state index contributed by atoms with van der Waals surface area (Å²) in [7, 11) is 3.10. The maximum absolute atomic E-state index is 13.6. The van der Waals surface area contributed by atoms with Crippen molar-refractivity contribution in [1.29, 1.82) is 0 Å². The fourth-order valence-corrected chi connectivity index (χ4v) is 4.30. The molecule has 38 heavy (non-hydrogen) atoms. The summed E-state index contributed by atoms with van der Waals surface area (Å²) in [5, 5.41) is 10.8. The van der Waals surface area contributed by atoms with Crippen LogP contribution >= 0.6 is 12.6 Å². The Bertz CT molecular complexity index is 1490. The summed E-state index contributed by atoms with van der Waals surface area (Å²) < 4.78 is 10.8. The molecule has 0 radical (unpaired) electrons. The van der Waals surface area contributed by atoms with E-state index < -0.39 is 6.04 Å². The normalized spacial score (nSPS) is 11.5. The van der Waals surface area contributed by atoms with E-state index in [1.54, 1.807) is 50.7 Å². The van der Waals surface area contributed by atoms with E-state index in [0.717, 1.165) is 22.0 Å². The van der Waals surface area contributed by atoms with E-state index in [2.05, 4.69) is 33.6 Å². The molecule has 9 nitrogen and oxygen atoms in total. The lowest BCUT2D eigenvalue weighted by Gasteiger charge is -2.22. The molecule has 1 heterocycles. The highest BCUT2D eigenvalue weighted by Crippen LogP contribution is 2.32. The predicted molar refractivity (Wildman–Crippen MR) is 152 cm³/mol. The number of nitrogens with zero attached hydrogens (tertiary/aromatic N) is 1. The number of carbonyl (C=O) groups is 2. The standard InChI is InChI=1S/C28H29N5O4S/c1-16(34)32-20-6-9-25(38)19(13-20)15-31-28(35)26(18-4-8-23(36-2)24(14-18)37-3)33-21-5-7-22-17(12-21)10-11-30-27(22)29/h4-14,26,33,38H,15H2,1-3H3,(H2,29,30)(H,31,35)(H,32,34)/t26-/m0/s1. The maximum Gasteiger partial charge on any atom is 0.247 e. The van der Waals surface area contributed by atoms with Crippen molar-refractivity contribution in [2.45, 2.75) is 24.4 Å². The van der Waals surface area contributed by atoms with Crippen LogP contribution in [-0.2, 0) is 16.1 Å². The Morgan fingerprint density at radius 3 is 2.47 bits per heavy atom. The van der Waals surface area contributed by atoms with Gasteiger partial charge in [-0.05, 0) is 71.1 Å². The van der Waals surface area contributed by atoms with Crippen LogP contribution in [0, 0.1) is 0 Å². The number of aromatic nitrogens is 1. The second kappa shape index (κ2) is 11.7. The van der Waals surface area contributed by atoms with Gasteiger partial charge in [0.2, 0.25) is 11.8 Å². The molecular weight excluding hydrogens is 502 g/mol. The molecule has 0 unspecified atom stereocenters. The molecule has 0 bridgehead atoms. The molecule has 0 aliphatic heterocycles. The lowest BCUT2D eigenvalue weighted by Crippen LogP contribution is -2.33. The predicted octanol–water partition coefficient (Wildman–Crippen LogP) is 4.55. The highest BCUT2D eigenvalue weighted by atomic mass is 32.1. The van der Waals surface area contributed by atoms with Crippen LogP contribution in [0.5, 0.6) is 11.5 Å². The molecule has 0 spiro atoms. The zero-order valence-electron chi connectivity index (χ0n) is 21.2. The van der Waals surface area contributed by atoms with Gasteiger partial charge in [-0.1, -0.05) is 6.07 Å². The average molecular weight is 532 g/mol. The van der Waals surface area contributed by atoms with Crippen LogP contribution in [0.3, 0.4) is 0 Å². The van der Waals surface area contributed by atoms with Gasteiger partial charge in [-0.15, -0.1) is 12.6 Å². The number of ether oxygens (including phenoxy) is 2. The Morgan fingerprint density at radius 1 is 0.974 bits per heavy atom. The molecule has 0 fully saturated rings. The van der Waals surface area contributed by atoms with Crippen LogP contribution in [0.15, 0.2) is 71.8 Å². The van der Waals surface area contributed by atoms with Crippen molar-refractivity contribution in [2.24, 2.45) is 0 Å². The number of amides is 2. The maximum atomic E-state index is 13.6. The minimum atomic E-state index is -0.770. The molecule has 4 rings (SSSR count). The summed E-state index contributed by atoms with van der Waals surface area (Å²) in [6, 6.07) is 17.4. The summed E-state index contributed by atoms with van der Waals surface area (Å²) in [4.78, 5) is 29.9. The van der Waals surface area contributed by atoms with Gasteiger partial charge in [0, 0.05) is 41.3 Å². The van der Waals surface area contributed by atoms with Crippen LogP contribution in [0.2, 0.25) is 0 Å². The number of nitrogens with one attached hydrogen (secondary N) is 3. The fraction of sp³-hybridized carbons (Fsp3) is 0.179. The van der Waals surface area contributed by atoms with Gasteiger partial charge in [-0.2, -0.15) is 0 Å². The minimum Gasteiger partial charge on any atom is -0.493 e. The molecule has 0 saturated carbocycles. The van der Waals surface area contributed by atoms with Gasteiger partial charge in [0.15, 0.2) is 11.5 Å². The number of hydrogen-bond donors (Lipinski definition) is 5. The molecule has 1 atom stereocenters. The number of pyridine rings is 1. The summed E-state index contributed by atoms with van der Waals surface area (Å²) in [6.07, 6.45) is 1.64. The largest absolute Gasteiger partial charge is 0.493 e. The summed E-state index contributed by atoms with van der Waals surface area (Å²) >= 11 is 4.51. The first kappa shape index (κ1) is 26.6. The van der Waals surface area contributed by atoms with Gasteiger partial charge in [0.25, 0.3) is 0 Å². The van der Waals surface area contributed by atoms with Gasteiger partial charge in [0.1, 0.15) is 11.9 Å². The number of carbonyl (C=O) groups excluding carboxylic acids is 2. The molecule has 2 amide bonds. The highest BCUT2D eigenvalue weighted by molar-refractivity contribution is 7.80. The molecule has 4 aromatic rings. The zero-order chi connectivity index (χ0) is 27.2. The molecular formula is C28H29N5O4S. The van der Waals surface area contributed by atoms with Crippen LogP contribution < -0.4 is 31.2 Å². The van der Waals surface area contributed by atoms with Crippen molar-refractivity contribution in [3.8, 4) is 11.5 Å². The molecule has 1 aromatic heterocycles. The summed E-state index contributed by atoms with van der Waals surface area (Å²) in [6.45, 7) is 1.64. The number of thiol groups is 1. The van der Waals surface area contributed by atoms with Gasteiger partial charge in [-0.3, -0.25) is 9.59 Å². The number of benzene rings is 3. The monoisotopic (exact) mass is 531 g/mol. The Hall–Kier alpha value is -4.44. The summed E-state index contributed by atoms with van der Waals surface area (Å²) in [5.74, 6) is 1.04. The number of hydrogen-bond acceptors (Lipinski definition) is 8. The molecule has 0 aliphatic carbocycles. The van der Waals surface area contributed by atoms with Crippen molar-refractivity contribution < 1.29 is 19.1 Å². The Balaban J connectivity index is 1.64. The smallest absolute Gasteiger partial charge is 0.247 e.